The molecule has 2 aromatic carbocycles. The molecule has 0 radical (unpaired) electrons. The first-order valence-electron chi connectivity index (χ1n) is 11.8. The molecule has 0 amide bonds. The SMILES string of the molecule is Cc1c(C2=C(c3cc(C=O)n(-c4ccccc4)c3C)C(F)(F)C(F)(F)C2(F)F)cc(C=O)n1-c1ccccc1. The molecule has 0 N–H and O–H groups in total. The largest absolute Gasteiger partial charge is 0.380 e. The number of halogens is 6. The first kappa shape index (κ1) is 26.3. The monoisotopic (exact) mass is 542 g/mol. The van der Waals surface area contributed by atoms with Crippen LogP contribution in [0.15, 0.2) is 72.8 Å². The minimum absolute atomic E-state index is 0.111. The van der Waals surface area contributed by atoms with Gasteiger partial charge in [-0.2, -0.15) is 26.3 Å². The normalized spacial score (nSPS) is 17.4. The molecule has 2 heterocycles. The standard InChI is InChI=1S/C29H20F6N2O2/c1-17-23(13-21(15-38)36(17)19-9-5-3-6-10-19)25-26(28(32,33)29(34,35)27(25,30)31)24-14-22(16-39)37(18(24)2)20-11-7-4-8-12-20/h3-16H,1-2H3. The second-order valence-electron chi connectivity index (χ2n) is 9.19. The summed E-state index contributed by atoms with van der Waals surface area (Å²) in [5.74, 6) is -16.4. The van der Waals surface area contributed by atoms with Crippen LogP contribution < -0.4 is 0 Å². The molecule has 39 heavy (non-hydrogen) atoms. The van der Waals surface area contributed by atoms with E-state index in [0.717, 1.165) is 12.1 Å². The van der Waals surface area contributed by atoms with Crippen LogP contribution in [0, 0.1) is 13.8 Å². The molecule has 10 heteroatoms. The molecule has 0 fully saturated rings. The Morgan fingerprint density at radius 3 is 1.23 bits per heavy atom. The Morgan fingerprint density at radius 2 is 0.923 bits per heavy atom. The summed E-state index contributed by atoms with van der Waals surface area (Å²) in [5, 5.41) is 0. The highest BCUT2D eigenvalue weighted by molar-refractivity contribution is 6.03. The lowest BCUT2D eigenvalue weighted by molar-refractivity contribution is -0.254. The number of carbonyl (C=O) groups excluding carboxylic acids is 2. The van der Waals surface area contributed by atoms with Gasteiger partial charge in [-0.1, -0.05) is 36.4 Å². The molecule has 0 spiro atoms. The number of aromatic nitrogens is 2. The van der Waals surface area contributed by atoms with Crippen molar-refractivity contribution in [3.63, 3.8) is 0 Å². The number of carbonyl (C=O) groups is 2. The highest BCUT2D eigenvalue weighted by Gasteiger charge is 2.80. The average molecular weight is 542 g/mol. The molecule has 200 valence electrons. The van der Waals surface area contributed by atoms with E-state index in [0.29, 0.717) is 23.9 Å². The van der Waals surface area contributed by atoms with Crippen molar-refractivity contribution in [2.24, 2.45) is 0 Å². The van der Waals surface area contributed by atoms with E-state index in [1.54, 1.807) is 60.7 Å². The fourth-order valence-corrected chi connectivity index (χ4v) is 5.21. The van der Waals surface area contributed by atoms with Crippen LogP contribution in [0.4, 0.5) is 26.3 Å². The third-order valence-electron chi connectivity index (χ3n) is 7.03. The van der Waals surface area contributed by atoms with Gasteiger partial charge in [0.15, 0.2) is 12.6 Å². The summed E-state index contributed by atoms with van der Waals surface area (Å²) in [6, 6.07) is 17.8. The molecule has 4 nitrogen and oxygen atoms in total. The summed E-state index contributed by atoms with van der Waals surface area (Å²) >= 11 is 0. The minimum Gasteiger partial charge on any atom is -0.311 e. The second-order valence-corrected chi connectivity index (χ2v) is 9.19. The molecular formula is C29H20F6N2O2. The Bertz CT molecular complexity index is 1510. The van der Waals surface area contributed by atoms with Crippen molar-refractivity contribution in [1.29, 1.82) is 0 Å². The number of para-hydroxylation sites is 2. The lowest BCUT2D eigenvalue weighted by atomic mass is 9.94. The van der Waals surface area contributed by atoms with Crippen molar-refractivity contribution in [2.45, 2.75) is 31.6 Å². The molecule has 0 bridgehead atoms. The van der Waals surface area contributed by atoms with Crippen LogP contribution in [0.5, 0.6) is 0 Å². The van der Waals surface area contributed by atoms with Crippen molar-refractivity contribution in [1.82, 2.24) is 9.13 Å². The maximum atomic E-state index is 15.5. The first-order valence-corrected chi connectivity index (χ1v) is 11.8. The van der Waals surface area contributed by atoms with E-state index < -0.39 is 40.0 Å². The van der Waals surface area contributed by atoms with Crippen molar-refractivity contribution < 1.29 is 35.9 Å². The van der Waals surface area contributed by atoms with Crippen LogP contribution >= 0.6 is 0 Å². The van der Waals surface area contributed by atoms with Gasteiger partial charge in [-0.15, -0.1) is 0 Å². The summed E-state index contributed by atoms with van der Waals surface area (Å²) in [5.41, 5.74) is -4.37. The van der Waals surface area contributed by atoms with Crippen LogP contribution in [0.3, 0.4) is 0 Å². The third kappa shape index (κ3) is 3.54. The lowest BCUT2D eigenvalue weighted by Crippen LogP contribution is -2.49. The molecule has 4 aromatic rings. The van der Waals surface area contributed by atoms with Crippen molar-refractivity contribution in [3.05, 3.63) is 107 Å². The van der Waals surface area contributed by atoms with Crippen molar-refractivity contribution in [2.75, 3.05) is 0 Å². The van der Waals surface area contributed by atoms with Crippen LogP contribution in [0.2, 0.25) is 0 Å². The van der Waals surface area contributed by atoms with Gasteiger partial charge in [0.2, 0.25) is 0 Å². The van der Waals surface area contributed by atoms with Gasteiger partial charge in [0, 0.05) is 45.0 Å². The second kappa shape index (κ2) is 8.86. The van der Waals surface area contributed by atoms with Gasteiger partial charge < -0.3 is 9.13 Å². The number of hydrogen-bond donors (Lipinski definition) is 0. The number of allylic oxidation sites excluding steroid dienone is 2. The fourth-order valence-electron chi connectivity index (χ4n) is 5.21. The van der Waals surface area contributed by atoms with Crippen LogP contribution in [0.25, 0.3) is 22.5 Å². The highest BCUT2D eigenvalue weighted by Crippen LogP contribution is 2.65. The topological polar surface area (TPSA) is 44.0 Å². The van der Waals surface area contributed by atoms with E-state index in [1.807, 2.05) is 0 Å². The van der Waals surface area contributed by atoms with E-state index in [2.05, 4.69) is 0 Å². The third-order valence-corrected chi connectivity index (χ3v) is 7.03. The Labute approximate surface area is 218 Å². The van der Waals surface area contributed by atoms with Gasteiger partial charge >= 0.3 is 17.8 Å². The molecule has 0 saturated heterocycles. The number of hydrogen-bond acceptors (Lipinski definition) is 2. The molecule has 1 aliphatic carbocycles. The van der Waals surface area contributed by atoms with Crippen LogP contribution in [0.1, 0.15) is 43.5 Å². The number of benzene rings is 2. The molecule has 0 atom stereocenters. The van der Waals surface area contributed by atoms with E-state index in [4.69, 9.17) is 0 Å². The molecule has 0 saturated carbocycles. The zero-order chi connectivity index (χ0) is 28.3. The number of alkyl halides is 6. The van der Waals surface area contributed by atoms with E-state index in [9.17, 15) is 18.4 Å². The maximum Gasteiger partial charge on any atom is 0.380 e. The Hall–Kier alpha value is -4.34. The average Bonchev–Trinajstić information content (AvgIpc) is 3.45. The predicted octanol–water partition coefficient (Wildman–Crippen LogP) is 7.34. The molecular weight excluding hydrogens is 522 g/mol. The van der Waals surface area contributed by atoms with E-state index >= 15 is 17.6 Å². The maximum absolute atomic E-state index is 15.5. The molecule has 2 aromatic heterocycles. The van der Waals surface area contributed by atoms with E-state index in [1.165, 1.54) is 23.0 Å². The van der Waals surface area contributed by atoms with E-state index in [-0.39, 0.29) is 22.8 Å². The summed E-state index contributed by atoms with van der Waals surface area (Å²) in [6.45, 7) is 2.56. The van der Waals surface area contributed by atoms with Gasteiger partial charge in [-0.25, -0.2) is 0 Å². The summed E-state index contributed by atoms with van der Waals surface area (Å²) in [7, 11) is 0. The van der Waals surface area contributed by atoms with Gasteiger partial charge in [0.1, 0.15) is 0 Å². The zero-order valence-corrected chi connectivity index (χ0v) is 20.6. The van der Waals surface area contributed by atoms with Crippen LogP contribution in [-0.4, -0.2) is 39.5 Å². The summed E-state index contributed by atoms with van der Waals surface area (Å²) in [4.78, 5) is 23.8. The Morgan fingerprint density at radius 1 is 0.590 bits per heavy atom. The van der Waals surface area contributed by atoms with Crippen LogP contribution in [-0.2, 0) is 0 Å². The molecule has 0 unspecified atom stereocenters. The molecule has 0 aliphatic heterocycles. The quantitative estimate of drug-likeness (QED) is 0.189. The smallest absolute Gasteiger partial charge is 0.311 e. The van der Waals surface area contributed by atoms with Gasteiger partial charge in [-0.05, 0) is 50.2 Å². The zero-order valence-electron chi connectivity index (χ0n) is 20.6. The van der Waals surface area contributed by atoms with Gasteiger partial charge in [0.25, 0.3) is 0 Å². The van der Waals surface area contributed by atoms with Gasteiger partial charge in [-0.3, -0.25) is 9.59 Å². The minimum atomic E-state index is -5.80. The van der Waals surface area contributed by atoms with Crippen molar-refractivity contribution in [3.8, 4) is 11.4 Å². The highest BCUT2D eigenvalue weighted by atomic mass is 19.3. The Kier molecular flexibility index (Phi) is 5.97. The fraction of sp³-hybridized carbons (Fsp3) is 0.172. The number of aldehydes is 2. The number of rotatable bonds is 6. The molecule has 5 rings (SSSR count). The molecule has 1 aliphatic rings. The summed E-state index contributed by atoms with van der Waals surface area (Å²) < 4.78 is 94.4. The number of nitrogens with zero attached hydrogens (tertiary/aromatic N) is 2. The first-order chi connectivity index (χ1) is 18.4. The Balaban J connectivity index is 1.89. The van der Waals surface area contributed by atoms with Crippen molar-refractivity contribution >= 4 is 23.7 Å². The predicted molar refractivity (Wildman–Crippen MR) is 133 cm³/mol. The van der Waals surface area contributed by atoms with Gasteiger partial charge in [0.05, 0.1) is 11.4 Å². The summed E-state index contributed by atoms with van der Waals surface area (Å²) in [6.07, 6.45) is 0.656. The lowest BCUT2D eigenvalue weighted by Gasteiger charge is -2.25.